The van der Waals surface area contributed by atoms with Gasteiger partial charge in [-0.3, -0.25) is 9.78 Å². The van der Waals surface area contributed by atoms with Crippen LogP contribution in [0.2, 0.25) is 0 Å². The molecule has 0 radical (unpaired) electrons. The fraction of sp³-hybridized carbons (Fsp3) is 0. The predicted molar refractivity (Wildman–Crippen MR) is 67.6 cm³/mol. The van der Waals surface area contributed by atoms with E-state index < -0.39 is 0 Å². The molecule has 0 amide bonds. The van der Waals surface area contributed by atoms with Gasteiger partial charge in [-0.05, 0) is 18.2 Å². The summed E-state index contributed by atoms with van der Waals surface area (Å²) in [5, 5.41) is 10.6. The van der Waals surface area contributed by atoms with Crippen molar-refractivity contribution in [2.24, 2.45) is 0 Å². The minimum absolute atomic E-state index is 0.106. The molecular weight excluding hydrogens is 228 g/mol. The SMILES string of the molecule is O=C(c1cccnc1)c1c(O)[nH]c2ccccc12. The highest BCUT2D eigenvalue weighted by atomic mass is 16.3. The summed E-state index contributed by atoms with van der Waals surface area (Å²) >= 11 is 0. The van der Waals surface area contributed by atoms with E-state index in [4.69, 9.17) is 0 Å². The fourth-order valence-corrected chi connectivity index (χ4v) is 2.00. The first-order valence-corrected chi connectivity index (χ1v) is 5.52. The molecule has 3 rings (SSSR count). The van der Waals surface area contributed by atoms with Gasteiger partial charge in [0.05, 0.1) is 5.56 Å². The van der Waals surface area contributed by atoms with Crippen LogP contribution in [0.1, 0.15) is 15.9 Å². The highest BCUT2D eigenvalue weighted by Gasteiger charge is 2.19. The number of aromatic amines is 1. The first-order valence-electron chi connectivity index (χ1n) is 5.52. The molecule has 88 valence electrons. The van der Waals surface area contributed by atoms with Gasteiger partial charge in [-0.25, -0.2) is 0 Å². The van der Waals surface area contributed by atoms with E-state index in [1.54, 1.807) is 24.4 Å². The maximum absolute atomic E-state index is 12.3. The molecule has 1 aromatic carbocycles. The highest BCUT2D eigenvalue weighted by molar-refractivity contribution is 6.18. The van der Waals surface area contributed by atoms with Gasteiger partial charge in [-0.2, -0.15) is 0 Å². The van der Waals surface area contributed by atoms with Crippen molar-refractivity contribution in [3.8, 4) is 5.88 Å². The number of hydrogen-bond acceptors (Lipinski definition) is 3. The predicted octanol–water partition coefficient (Wildman–Crippen LogP) is 2.50. The molecule has 0 aliphatic rings. The van der Waals surface area contributed by atoms with Crippen LogP contribution in [0.4, 0.5) is 0 Å². The summed E-state index contributed by atoms with van der Waals surface area (Å²) in [6, 6.07) is 10.7. The van der Waals surface area contributed by atoms with Crippen molar-refractivity contribution < 1.29 is 9.90 Å². The Morgan fingerprint density at radius 2 is 2.00 bits per heavy atom. The minimum atomic E-state index is -0.238. The van der Waals surface area contributed by atoms with E-state index >= 15 is 0 Å². The minimum Gasteiger partial charge on any atom is -0.494 e. The Kier molecular flexibility index (Phi) is 2.34. The standard InChI is InChI=1S/C14H10N2O2/c17-13(9-4-3-7-15-8-9)12-10-5-1-2-6-11(10)16-14(12)18/h1-8,16,18H. The molecule has 2 aromatic heterocycles. The van der Waals surface area contributed by atoms with E-state index in [1.165, 1.54) is 6.20 Å². The topological polar surface area (TPSA) is 66.0 Å². The van der Waals surface area contributed by atoms with Crippen LogP contribution in [-0.4, -0.2) is 20.9 Å². The fourth-order valence-electron chi connectivity index (χ4n) is 2.00. The maximum Gasteiger partial charge on any atom is 0.200 e. The second kappa shape index (κ2) is 4.00. The van der Waals surface area contributed by atoms with Crippen molar-refractivity contribution >= 4 is 16.7 Å². The molecule has 0 unspecified atom stereocenters. The smallest absolute Gasteiger partial charge is 0.200 e. The molecule has 3 aromatic rings. The number of nitrogens with zero attached hydrogens (tertiary/aromatic N) is 1. The third-order valence-electron chi connectivity index (χ3n) is 2.84. The lowest BCUT2D eigenvalue weighted by atomic mass is 10.0. The van der Waals surface area contributed by atoms with Gasteiger partial charge < -0.3 is 10.1 Å². The molecule has 0 bridgehead atoms. The summed E-state index contributed by atoms with van der Waals surface area (Å²) in [7, 11) is 0. The van der Waals surface area contributed by atoms with Gasteiger partial charge in [0.2, 0.25) is 11.7 Å². The normalized spacial score (nSPS) is 10.7. The molecular formula is C14H10N2O2. The average Bonchev–Trinajstić information content (AvgIpc) is 2.75. The van der Waals surface area contributed by atoms with Crippen LogP contribution >= 0.6 is 0 Å². The summed E-state index contributed by atoms with van der Waals surface area (Å²) in [6.07, 6.45) is 3.09. The zero-order valence-corrected chi connectivity index (χ0v) is 9.42. The van der Waals surface area contributed by atoms with Gasteiger partial charge in [0.1, 0.15) is 0 Å². The Morgan fingerprint density at radius 1 is 1.17 bits per heavy atom. The number of carbonyl (C=O) groups excluding carboxylic acids is 1. The van der Waals surface area contributed by atoms with Crippen molar-refractivity contribution in [3.63, 3.8) is 0 Å². The number of para-hydroxylation sites is 1. The zero-order chi connectivity index (χ0) is 12.5. The average molecular weight is 238 g/mol. The largest absolute Gasteiger partial charge is 0.494 e. The molecule has 0 spiro atoms. The molecule has 0 fully saturated rings. The molecule has 2 heterocycles. The van der Waals surface area contributed by atoms with Crippen molar-refractivity contribution in [1.29, 1.82) is 0 Å². The van der Waals surface area contributed by atoms with Crippen molar-refractivity contribution in [1.82, 2.24) is 9.97 Å². The number of rotatable bonds is 2. The molecule has 0 atom stereocenters. The Morgan fingerprint density at radius 3 is 2.78 bits per heavy atom. The van der Waals surface area contributed by atoms with E-state index in [2.05, 4.69) is 9.97 Å². The summed E-state index contributed by atoms with van der Waals surface area (Å²) in [5.74, 6) is -0.344. The van der Waals surface area contributed by atoms with Crippen LogP contribution < -0.4 is 0 Å². The molecule has 0 saturated heterocycles. The molecule has 0 aliphatic heterocycles. The van der Waals surface area contributed by atoms with Crippen LogP contribution in [0.25, 0.3) is 10.9 Å². The third-order valence-corrected chi connectivity index (χ3v) is 2.84. The lowest BCUT2D eigenvalue weighted by Crippen LogP contribution is -2.01. The second-order valence-electron chi connectivity index (χ2n) is 3.97. The number of fused-ring (bicyclic) bond motifs is 1. The number of benzene rings is 1. The lowest BCUT2D eigenvalue weighted by molar-refractivity contribution is 0.103. The molecule has 2 N–H and O–H groups in total. The number of carbonyl (C=O) groups is 1. The van der Waals surface area contributed by atoms with Gasteiger partial charge in [-0.15, -0.1) is 0 Å². The first-order chi connectivity index (χ1) is 8.77. The van der Waals surface area contributed by atoms with Crippen LogP contribution in [-0.2, 0) is 0 Å². The zero-order valence-electron chi connectivity index (χ0n) is 9.42. The van der Waals surface area contributed by atoms with Crippen molar-refractivity contribution in [2.75, 3.05) is 0 Å². The van der Waals surface area contributed by atoms with Crippen LogP contribution in [0.15, 0.2) is 48.8 Å². The molecule has 0 saturated carbocycles. The Hall–Kier alpha value is -2.62. The first kappa shape index (κ1) is 10.5. The number of ketones is 1. The monoisotopic (exact) mass is 238 g/mol. The number of aromatic hydroxyl groups is 1. The Balaban J connectivity index is 2.21. The summed E-state index contributed by atoms with van der Waals surface area (Å²) in [6.45, 7) is 0. The van der Waals surface area contributed by atoms with Crippen LogP contribution in [0.5, 0.6) is 5.88 Å². The van der Waals surface area contributed by atoms with Crippen molar-refractivity contribution in [3.05, 3.63) is 59.9 Å². The number of hydrogen-bond donors (Lipinski definition) is 2. The van der Waals surface area contributed by atoms with Crippen molar-refractivity contribution in [2.45, 2.75) is 0 Å². The van der Waals surface area contributed by atoms with Gasteiger partial charge in [0, 0.05) is 28.9 Å². The van der Waals surface area contributed by atoms with E-state index in [-0.39, 0.29) is 11.7 Å². The van der Waals surface area contributed by atoms with Crippen LogP contribution in [0, 0.1) is 0 Å². The summed E-state index contributed by atoms with van der Waals surface area (Å²) in [4.78, 5) is 19.0. The lowest BCUT2D eigenvalue weighted by Gasteiger charge is -1.99. The van der Waals surface area contributed by atoms with E-state index in [9.17, 15) is 9.90 Å². The quantitative estimate of drug-likeness (QED) is 0.674. The van der Waals surface area contributed by atoms with Gasteiger partial charge in [-0.1, -0.05) is 18.2 Å². The number of aromatic nitrogens is 2. The molecule has 18 heavy (non-hydrogen) atoms. The molecule has 4 nitrogen and oxygen atoms in total. The number of H-pyrrole nitrogens is 1. The molecule has 4 heteroatoms. The third kappa shape index (κ3) is 1.55. The van der Waals surface area contributed by atoms with E-state index in [1.807, 2.05) is 18.2 Å². The van der Waals surface area contributed by atoms with Gasteiger partial charge >= 0.3 is 0 Å². The summed E-state index contributed by atoms with van der Waals surface area (Å²) in [5.41, 5.74) is 1.48. The van der Waals surface area contributed by atoms with E-state index in [0.717, 1.165) is 5.52 Å². The van der Waals surface area contributed by atoms with Crippen LogP contribution in [0.3, 0.4) is 0 Å². The number of pyridine rings is 1. The Labute approximate surface area is 103 Å². The maximum atomic E-state index is 12.3. The van der Waals surface area contributed by atoms with E-state index in [0.29, 0.717) is 16.5 Å². The second-order valence-corrected chi connectivity index (χ2v) is 3.97. The Bertz CT molecular complexity index is 717. The van der Waals surface area contributed by atoms with Gasteiger partial charge in [0.15, 0.2) is 0 Å². The molecule has 0 aliphatic carbocycles. The highest BCUT2D eigenvalue weighted by Crippen LogP contribution is 2.28. The number of nitrogens with one attached hydrogen (secondary N) is 1. The summed E-state index contributed by atoms with van der Waals surface area (Å²) < 4.78 is 0. The van der Waals surface area contributed by atoms with Gasteiger partial charge in [0.25, 0.3) is 0 Å².